The predicted molar refractivity (Wildman–Crippen MR) is 66.9 cm³/mol. The van der Waals surface area contributed by atoms with Crippen LogP contribution in [0.5, 0.6) is 0 Å². The zero-order valence-electron chi connectivity index (χ0n) is 10.1. The number of rotatable bonds is 2. The fourth-order valence-corrected chi connectivity index (χ4v) is 3.76. The summed E-state index contributed by atoms with van der Waals surface area (Å²) in [5, 5.41) is 0. The number of esters is 1. The van der Waals surface area contributed by atoms with Crippen LogP contribution in [0.2, 0.25) is 4.34 Å². The van der Waals surface area contributed by atoms with Gasteiger partial charge in [-0.15, -0.1) is 11.3 Å². The van der Waals surface area contributed by atoms with Crippen LogP contribution >= 0.6 is 22.9 Å². The highest BCUT2D eigenvalue weighted by Crippen LogP contribution is 2.43. The van der Waals surface area contributed by atoms with Crippen LogP contribution in [0.1, 0.15) is 34.1 Å². The average Bonchev–Trinajstić information content (AvgIpc) is 2.62. The summed E-state index contributed by atoms with van der Waals surface area (Å²) < 4.78 is 43.4. The van der Waals surface area contributed by atoms with E-state index in [1.165, 1.54) is 11.3 Å². The molecule has 1 unspecified atom stereocenters. The number of halogens is 4. The molecule has 0 spiro atoms. The molecular weight excluding hydrogens is 301 g/mol. The molecule has 2 rings (SSSR count). The number of hydrogen-bond donors (Lipinski definition) is 0. The van der Waals surface area contributed by atoms with Gasteiger partial charge in [-0.3, -0.25) is 0 Å². The van der Waals surface area contributed by atoms with Crippen molar-refractivity contribution in [2.45, 2.75) is 32.4 Å². The van der Waals surface area contributed by atoms with Crippen LogP contribution in [-0.2, 0) is 17.6 Å². The highest BCUT2D eigenvalue weighted by Gasteiger charge is 2.43. The van der Waals surface area contributed by atoms with Gasteiger partial charge >= 0.3 is 12.1 Å². The van der Waals surface area contributed by atoms with E-state index in [4.69, 9.17) is 16.3 Å². The highest BCUT2D eigenvalue weighted by atomic mass is 35.5. The molecule has 0 bridgehead atoms. The highest BCUT2D eigenvalue weighted by molar-refractivity contribution is 7.16. The van der Waals surface area contributed by atoms with Gasteiger partial charge in [0.05, 0.1) is 18.1 Å². The van der Waals surface area contributed by atoms with Crippen LogP contribution in [0.4, 0.5) is 13.2 Å². The zero-order chi connectivity index (χ0) is 14.2. The van der Waals surface area contributed by atoms with Gasteiger partial charge in [0.2, 0.25) is 0 Å². The van der Waals surface area contributed by atoms with E-state index in [1.807, 2.05) is 0 Å². The van der Waals surface area contributed by atoms with Crippen LogP contribution in [0, 0.1) is 5.92 Å². The topological polar surface area (TPSA) is 26.3 Å². The molecule has 0 amide bonds. The minimum atomic E-state index is -4.24. The first-order chi connectivity index (χ1) is 8.84. The van der Waals surface area contributed by atoms with Crippen LogP contribution in [0.25, 0.3) is 0 Å². The maximum Gasteiger partial charge on any atom is 0.392 e. The normalized spacial score (nSPS) is 19.1. The Bertz CT molecular complexity index is 496. The third-order valence-corrected chi connectivity index (χ3v) is 4.66. The largest absolute Gasteiger partial charge is 0.462 e. The molecule has 1 aliphatic carbocycles. The van der Waals surface area contributed by atoms with Crippen molar-refractivity contribution < 1.29 is 22.7 Å². The van der Waals surface area contributed by atoms with Gasteiger partial charge in [-0.2, -0.15) is 13.2 Å². The van der Waals surface area contributed by atoms with Crippen LogP contribution in [-0.4, -0.2) is 18.8 Å². The van der Waals surface area contributed by atoms with E-state index in [1.54, 1.807) is 6.92 Å². The van der Waals surface area contributed by atoms with Crippen molar-refractivity contribution in [1.29, 1.82) is 0 Å². The quantitative estimate of drug-likeness (QED) is 0.763. The van der Waals surface area contributed by atoms with Crippen LogP contribution in [0.15, 0.2) is 0 Å². The summed E-state index contributed by atoms with van der Waals surface area (Å²) in [6.07, 6.45) is -4.06. The molecule has 0 fully saturated rings. The molecule has 0 radical (unpaired) electrons. The number of carbonyl (C=O) groups is 1. The van der Waals surface area contributed by atoms with Crippen molar-refractivity contribution >= 4 is 28.9 Å². The first-order valence-electron chi connectivity index (χ1n) is 5.88. The van der Waals surface area contributed by atoms with Crippen molar-refractivity contribution in [3.8, 4) is 0 Å². The number of alkyl halides is 3. The Morgan fingerprint density at radius 3 is 2.79 bits per heavy atom. The lowest BCUT2D eigenvalue weighted by atomic mass is 9.86. The maximum atomic E-state index is 12.8. The first-order valence-corrected chi connectivity index (χ1v) is 7.07. The lowest BCUT2D eigenvalue weighted by molar-refractivity contribution is -0.177. The standard InChI is InChI=1S/C12H12ClF3O2S/c1-2-18-11(17)9-7-5-6(12(14,15)16)3-4-8(7)19-10(9)13/h6H,2-5H2,1H3. The van der Waals surface area contributed by atoms with E-state index < -0.39 is 18.1 Å². The third-order valence-electron chi connectivity index (χ3n) is 3.16. The van der Waals surface area contributed by atoms with Gasteiger partial charge in [0.1, 0.15) is 4.34 Å². The van der Waals surface area contributed by atoms with Crippen molar-refractivity contribution in [1.82, 2.24) is 0 Å². The van der Waals surface area contributed by atoms with Crippen molar-refractivity contribution in [2.75, 3.05) is 6.61 Å². The molecule has 7 heteroatoms. The van der Waals surface area contributed by atoms with E-state index in [9.17, 15) is 18.0 Å². The van der Waals surface area contributed by atoms with Gasteiger partial charge in [0.15, 0.2) is 0 Å². The molecule has 19 heavy (non-hydrogen) atoms. The van der Waals surface area contributed by atoms with Gasteiger partial charge in [-0.1, -0.05) is 11.6 Å². The average molecular weight is 313 g/mol. The van der Waals surface area contributed by atoms with Gasteiger partial charge in [-0.25, -0.2) is 4.79 Å². The minimum Gasteiger partial charge on any atom is -0.462 e. The number of thiophene rings is 1. The lowest BCUT2D eigenvalue weighted by Gasteiger charge is -2.24. The molecule has 1 aliphatic rings. The summed E-state index contributed by atoms with van der Waals surface area (Å²) in [5.74, 6) is -2.04. The van der Waals surface area contributed by atoms with Gasteiger partial charge in [-0.05, 0) is 31.7 Å². The fourth-order valence-electron chi connectivity index (χ4n) is 2.24. The molecule has 1 heterocycles. The Morgan fingerprint density at radius 1 is 1.53 bits per heavy atom. The van der Waals surface area contributed by atoms with E-state index in [0.29, 0.717) is 12.0 Å². The first kappa shape index (κ1) is 14.7. The van der Waals surface area contributed by atoms with Crippen LogP contribution < -0.4 is 0 Å². The summed E-state index contributed by atoms with van der Waals surface area (Å²) >= 11 is 7.15. The second kappa shape index (κ2) is 5.32. The number of ether oxygens (including phenoxy) is 1. The van der Waals surface area contributed by atoms with E-state index in [2.05, 4.69) is 0 Å². The fraction of sp³-hybridized carbons (Fsp3) is 0.583. The Labute approximate surface area is 117 Å². The molecule has 1 aromatic rings. The Balaban J connectivity index is 2.34. The SMILES string of the molecule is CCOC(=O)c1c(Cl)sc2c1CC(C(F)(F)F)CC2. The maximum absolute atomic E-state index is 12.8. The Morgan fingerprint density at radius 2 is 2.21 bits per heavy atom. The summed E-state index contributed by atoms with van der Waals surface area (Å²) in [6, 6.07) is 0. The summed E-state index contributed by atoms with van der Waals surface area (Å²) in [6.45, 7) is 1.81. The second-order valence-corrected chi connectivity index (χ2v) is 6.06. The van der Waals surface area contributed by atoms with Gasteiger partial charge in [0, 0.05) is 4.88 Å². The van der Waals surface area contributed by atoms with Gasteiger partial charge < -0.3 is 4.74 Å². The summed E-state index contributed by atoms with van der Waals surface area (Å²) in [4.78, 5) is 12.5. The smallest absolute Gasteiger partial charge is 0.392 e. The molecule has 0 saturated carbocycles. The number of hydrogen-bond acceptors (Lipinski definition) is 3. The number of aryl methyl sites for hydroxylation is 1. The number of carbonyl (C=O) groups excluding carboxylic acids is 1. The van der Waals surface area contributed by atoms with E-state index in [-0.39, 0.29) is 29.3 Å². The zero-order valence-corrected chi connectivity index (χ0v) is 11.7. The third kappa shape index (κ3) is 2.89. The van der Waals surface area contributed by atoms with Crippen molar-refractivity contribution in [3.05, 3.63) is 20.3 Å². The monoisotopic (exact) mass is 312 g/mol. The van der Waals surface area contributed by atoms with E-state index in [0.717, 1.165) is 4.88 Å². The van der Waals surface area contributed by atoms with Crippen molar-refractivity contribution in [2.24, 2.45) is 5.92 Å². The second-order valence-electron chi connectivity index (χ2n) is 4.35. The summed E-state index contributed by atoms with van der Waals surface area (Å²) in [5.41, 5.74) is 0.541. The Hall–Kier alpha value is -0.750. The molecular formula is C12H12ClF3O2S. The molecule has 1 aromatic heterocycles. The molecule has 1 atom stereocenters. The molecule has 0 aromatic carbocycles. The molecule has 0 aliphatic heterocycles. The number of fused-ring (bicyclic) bond motifs is 1. The summed E-state index contributed by atoms with van der Waals surface area (Å²) in [7, 11) is 0. The molecule has 0 N–H and O–H groups in total. The van der Waals surface area contributed by atoms with Gasteiger partial charge in [0.25, 0.3) is 0 Å². The van der Waals surface area contributed by atoms with Crippen molar-refractivity contribution in [3.63, 3.8) is 0 Å². The lowest BCUT2D eigenvalue weighted by Crippen LogP contribution is -2.29. The molecule has 106 valence electrons. The Kier molecular flexibility index (Phi) is 4.11. The molecule has 2 nitrogen and oxygen atoms in total. The predicted octanol–water partition coefficient (Wildman–Crippen LogP) is 4.25. The van der Waals surface area contributed by atoms with Crippen LogP contribution in [0.3, 0.4) is 0 Å². The molecule has 0 saturated heterocycles. The van der Waals surface area contributed by atoms with E-state index >= 15 is 0 Å². The minimum absolute atomic E-state index is 0.0512.